The van der Waals surface area contributed by atoms with E-state index < -0.39 is 0 Å². The van der Waals surface area contributed by atoms with Gasteiger partial charge in [0.15, 0.2) is 0 Å². The molecule has 1 aromatic heterocycles. The van der Waals surface area contributed by atoms with E-state index >= 15 is 0 Å². The number of aromatic nitrogens is 2. The van der Waals surface area contributed by atoms with Crippen LogP contribution in [0, 0.1) is 11.8 Å². The fraction of sp³-hybridized carbons (Fsp3) is 0.500. The second-order valence-corrected chi connectivity index (χ2v) is 6.70. The zero-order chi connectivity index (χ0) is 17.2. The molecular weight excluding hydrogens is 320 g/mol. The Morgan fingerprint density at radius 2 is 2.04 bits per heavy atom. The van der Waals surface area contributed by atoms with Crippen LogP contribution in [-0.2, 0) is 0 Å². The Morgan fingerprint density at radius 1 is 1.28 bits per heavy atom. The van der Waals surface area contributed by atoms with Crippen molar-refractivity contribution in [3.05, 3.63) is 30.1 Å². The summed E-state index contributed by atoms with van der Waals surface area (Å²) >= 11 is 0. The van der Waals surface area contributed by atoms with Crippen molar-refractivity contribution in [2.75, 3.05) is 33.3 Å². The summed E-state index contributed by atoms with van der Waals surface area (Å²) in [6.45, 7) is 3.64. The monoisotopic (exact) mass is 342 g/mol. The van der Waals surface area contributed by atoms with Crippen LogP contribution >= 0.6 is 0 Å². The number of nitrogens with zero attached hydrogens (tertiary/aromatic N) is 3. The lowest BCUT2D eigenvalue weighted by Crippen LogP contribution is -2.33. The van der Waals surface area contributed by atoms with Gasteiger partial charge in [-0.15, -0.1) is 0 Å². The van der Waals surface area contributed by atoms with Gasteiger partial charge in [0.05, 0.1) is 7.11 Å². The third-order valence-corrected chi connectivity index (χ3v) is 5.24. The Bertz CT molecular complexity index is 746. The molecule has 0 radical (unpaired) electrons. The minimum atomic E-state index is -0.147. The maximum Gasteiger partial charge on any atom is 0.295 e. The van der Waals surface area contributed by atoms with Crippen LogP contribution in [0.25, 0.3) is 11.5 Å². The van der Waals surface area contributed by atoms with E-state index in [1.807, 2.05) is 29.2 Å². The normalized spacial score (nSPS) is 23.2. The number of methoxy groups -OCH3 is 1. The van der Waals surface area contributed by atoms with Gasteiger partial charge in [-0.3, -0.25) is 4.79 Å². The molecule has 132 valence electrons. The number of amides is 1. The molecule has 0 bridgehead atoms. The van der Waals surface area contributed by atoms with E-state index in [1.54, 1.807) is 7.11 Å². The molecule has 3 heterocycles. The Kier molecular flexibility index (Phi) is 4.40. The minimum Gasteiger partial charge on any atom is -0.497 e. The quantitative estimate of drug-likeness (QED) is 0.916. The largest absolute Gasteiger partial charge is 0.497 e. The van der Waals surface area contributed by atoms with Gasteiger partial charge in [-0.2, -0.15) is 4.98 Å². The summed E-state index contributed by atoms with van der Waals surface area (Å²) in [6, 6.07) is 7.35. The number of benzene rings is 1. The number of nitrogens with one attached hydrogen (secondary N) is 1. The molecule has 0 aliphatic carbocycles. The molecule has 2 aromatic rings. The third kappa shape index (κ3) is 3.24. The summed E-state index contributed by atoms with van der Waals surface area (Å²) in [6.07, 6.45) is 2.06. The first kappa shape index (κ1) is 16.1. The van der Waals surface area contributed by atoms with Crippen LogP contribution < -0.4 is 10.1 Å². The highest BCUT2D eigenvalue weighted by atomic mass is 16.5. The Labute approximate surface area is 146 Å². The molecule has 4 rings (SSSR count). The van der Waals surface area contributed by atoms with Crippen molar-refractivity contribution in [1.29, 1.82) is 0 Å². The van der Waals surface area contributed by atoms with Gasteiger partial charge in [-0.25, -0.2) is 0 Å². The summed E-state index contributed by atoms with van der Waals surface area (Å²) in [7, 11) is 1.60. The third-order valence-electron chi connectivity index (χ3n) is 5.24. The maximum atomic E-state index is 12.7. The van der Waals surface area contributed by atoms with Gasteiger partial charge in [0.25, 0.3) is 17.6 Å². The zero-order valence-corrected chi connectivity index (χ0v) is 14.3. The molecule has 1 amide bonds. The molecule has 0 saturated carbocycles. The number of fused-ring (bicyclic) bond motifs is 1. The molecule has 2 fully saturated rings. The van der Waals surface area contributed by atoms with Crippen molar-refractivity contribution < 1.29 is 14.1 Å². The minimum absolute atomic E-state index is 0.128. The Morgan fingerprint density at radius 3 is 2.76 bits per heavy atom. The molecule has 0 unspecified atom stereocenters. The van der Waals surface area contributed by atoms with E-state index in [4.69, 9.17) is 9.26 Å². The summed E-state index contributed by atoms with van der Waals surface area (Å²) in [5.74, 6) is 2.37. The number of carbonyl (C=O) groups is 1. The molecule has 25 heavy (non-hydrogen) atoms. The molecule has 2 aliphatic rings. The number of hydrogen-bond acceptors (Lipinski definition) is 6. The number of likely N-dealkylation sites (tertiary alicyclic amines) is 1. The van der Waals surface area contributed by atoms with Crippen molar-refractivity contribution in [3.8, 4) is 17.2 Å². The van der Waals surface area contributed by atoms with E-state index in [1.165, 1.54) is 0 Å². The van der Waals surface area contributed by atoms with Gasteiger partial charge < -0.3 is 19.5 Å². The first-order chi connectivity index (χ1) is 12.2. The van der Waals surface area contributed by atoms with E-state index in [-0.39, 0.29) is 11.7 Å². The van der Waals surface area contributed by atoms with Crippen LogP contribution in [0.2, 0.25) is 0 Å². The standard InChI is InChI=1S/C18H22N4O3/c1-24-15-4-2-3-12(9-15)17-20-16(21-25-17)18(23)22-7-5-13-10-19-11-14(13)6-8-22/h2-4,9,13-14,19H,5-8,10-11H2,1H3/t13-,14+. The molecule has 1 N–H and O–H groups in total. The van der Waals surface area contributed by atoms with Gasteiger partial charge in [-0.1, -0.05) is 11.2 Å². The van der Waals surface area contributed by atoms with Crippen LogP contribution in [0.5, 0.6) is 5.75 Å². The lowest BCUT2D eigenvalue weighted by Gasteiger charge is -2.18. The van der Waals surface area contributed by atoms with E-state index in [0.29, 0.717) is 23.5 Å². The predicted molar refractivity (Wildman–Crippen MR) is 91.3 cm³/mol. The Hall–Kier alpha value is -2.41. The van der Waals surface area contributed by atoms with Crippen molar-refractivity contribution in [1.82, 2.24) is 20.4 Å². The Balaban J connectivity index is 1.48. The first-order valence-corrected chi connectivity index (χ1v) is 8.72. The molecule has 7 nitrogen and oxygen atoms in total. The zero-order valence-electron chi connectivity index (χ0n) is 14.3. The number of hydrogen-bond donors (Lipinski definition) is 1. The van der Waals surface area contributed by atoms with Crippen LogP contribution in [0.3, 0.4) is 0 Å². The molecule has 1 aromatic carbocycles. The molecule has 2 aliphatic heterocycles. The van der Waals surface area contributed by atoms with Gasteiger partial charge >= 0.3 is 0 Å². The van der Waals surface area contributed by atoms with Crippen LogP contribution in [0.15, 0.2) is 28.8 Å². The summed E-state index contributed by atoms with van der Waals surface area (Å²) < 4.78 is 10.5. The summed E-state index contributed by atoms with van der Waals surface area (Å²) in [4.78, 5) is 18.9. The fourth-order valence-corrected chi connectivity index (χ4v) is 3.75. The molecule has 2 saturated heterocycles. The molecule has 0 spiro atoms. The predicted octanol–water partition coefficient (Wildman–Crippen LogP) is 1.82. The van der Waals surface area contributed by atoms with Crippen LogP contribution in [0.1, 0.15) is 23.5 Å². The fourth-order valence-electron chi connectivity index (χ4n) is 3.75. The number of carbonyl (C=O) groups excluding carboxylic acids is 1. The van der Waals surface area contributed by atoms with Crippen molar-refractivity contribution >= 4 is 5.91 Å². The van der Waals surface area contributed by atoms with Crippen LogP contribution in [-0.4, -0.2) is 54.2 Å². The van der Waals surface area contributed by atoms with Crippen molar-refractivity contribution in [2.24, 2.45) is 11.8 Å². The second-order valence-electron chi connectivity index (χ2n) is 6.70. The lowest BCUT2D eigenvalue weighted by molar-refractivity contribution is 0.0743. The first-order valence-electron chi connectivity index (χ1n) is 8.72. The highest BCUT2D eigenvalue weighted by Crippen LogP contribution is 2.28. The van der Waals surface area contributed by atoms with Crippen molar-refractivity contribution in [3.63, 3.8) is 0 Å². The average Bonchev–Trinajstić information content (AvgIpc) is 3.27. The highest BCUT2D eigenvalue weighted by molar-refractivity contribution is 5.90. The SMILES string of the molecule is COc1cccc(-c2nc(C(=O)N3CC[C@@H]4CNC[C@@H]4CC3)no2)c1. The summed E-state index contributed by atoms with van der Waals surface area (Å²) in [5, 5.41) is 7.34. The van der Waals surface area contributed by atoms with Crippen molar-refractivity contribution in [2.45, 2.75) is 12.8 Å². The highest BCUT2D eigenvalue weighted by Gasteiger charge is 2.32. The second kappa shape index (κ2) is 6.84. The average molecular weight is 342 g/mol. The van der Waals surface area contributed by atoms with Gasteiger partial charge in [0.1, 0.15) is 5.75 Å². The smallest absolute Gasteiger partial charge is 0.295 e. The molecule has 7 heteroatoms. The molecule has 2 atom stereocenters. The van der Waals surface area contributed by atoms with E-state index in [0.717, 1.165) is 44.6 Å². The number of rotatable bonds is 3. The van der Waals surface area contributed by atoms with Gasteiger partial charge in [0, 0.05) is 18.7 Å². The van der Waals surface area contributed by atoms with E-state index in [9.17, 15) is 4.79 Å². The lowest BCUT2D eigenvalue weighted by atomic mass is 9.92. The topological polar surface area (TPSA) is 80.5 Å². The molecular formula is C18H22N4O3. The van der Waals surface area contributed by atoms with Gasteiger partial charge in [-0.05, 0) is 56.0 Å². The maximum absolute atomic E-state index is 12.7. The summed E-state index contributed by atoms with van der Waals surface area (Å²) in [5.41, 5.74) is 0.738. The van der Waals surface area contributed by atoms with E-state index in [2.05, 4.69) is 15.5 Å². The van der Waals surface area contributed by atoms with Gasteiger partial charge in [0.2, 0.25) is 0 Å². The van der Waals surface area contributed by atoms with Crippen LogP contribution in [0.4, 0.5) is 0 Å². The number of ether oxygens (including phenoxy) is 1.